The van der Waals surface area contributed by atoms with E-state index in [1.54, 1.807) is 24.4 Å². The Labute approximate surface area is 306 Å². The van der Waals surface area contributed by atoms with Crippen molar-refractivity contribution in [2.75, 3.05) is 0 Å². The molecule has 1 radical (unpaired) electrons. The first-order valence-electron chi connectivity index (χ1n) is 16.2. The van der Waals surface area contributed by atoms with Crippen LogP contribution in [-0.2, 0) is 12.5 Å². The summed E-state index contributed by atoms with van der Waals surface area (Å²) in [6.45, 7) is 11.7. The normalized spacial score (nSPS) is 11.2. The number of benzene rings is 4. The average Bonchev–Trinajstić information content (AvgIpc) is 3.86. The number of rotatable bonds is 4. The predicted molar refractivity (Wildman–Crippen MR) is 205 cm³/mol. The molecule has 0 fully saturated rings. The van der Waals surface area contributed by atoms with Gasteiger partial charge in [0.25, 0.3) is 0 Å². The molecule has 4 aromatic carbocycles. The number of nitrogens with zero attached hydrogens (tertiary/aromatic N) is 4. The standard InChI is InChI=1S/C20H21N2.C10H10N2.C8H9BO3.CH3BF.CH4.F2/c1-14-12-18-16(13-19(14)22-11-7-10-21(22)4)15-8-5-6-9-17(15)20(18,2)3;1-9-4-2-5-10(8-9)12-7-3-6-11-12;1-6(10)7-4-2-3-5-8(7)9(11)12;1-2-3;;1-2/h5-13H,1-4H3;2-8H,1H3;2-5,11-12H,1H3;1H3;1H4;/q+1;;;;;. The van der Waals surface area contributed by atoms with E-state index in [1.165, 1.54) is 58.9 Å². The topological polar surface area (TPSA) is 84.2 Å². The van der Waals surface area contributed by atoms with Gasteiger partial charge < -0.3 is 14.4 Å². The van der Waals surface area contributed by atoms with Crippen molar-refractivity contribution in [1.82, 2.24) is 14.5 Å². The first-order valence-corrected chi connectivity index (χ1v) is 16.2. The van der Waals surface area contributed by atoms with Gasteiger partial charge in [0.05, 0.1) is 11.9 Å². The van der Waals surface area contributed by atoms with Crippen molar-refractivity contribution < 1.29 is 33.0 Å². The molecule has 2 heterocycles. The van der Waals surface area contributed by atoms with E-state index >= 15 is 0 Å². The maximum Gasteiger partial charge on any atom is 0.489 e. The Morgan fingerprint density at radius 3 is 2.08 bits per heavy atom. The van der Waals surface area contributed by atoms with E-state index in [1.807, 2.05) is 29.1 Å². The molecule has 7 rings (SSSR count). The molecule has 7 nitrogen and oxygen atoms in total. The Bertz CT molecular complexity index is 2020. The second-order valence-corrected chi connectivity index (χ2v) is 12.3. The van der Waals surface area contributed by atoms with Crippen LogP contribution in [0, 0.1) is 13.8 Å². The average molecular weight is 710 g/mol. The van der Waals surface area contributed by atoms with Gasteiger partial charge in [-0.15, -0.1) is 9.36 Å². The van der Waals surface area contributed by atoms with E-state index in [0.29, 0.717) is 13.1 Å². The molecule has 1 aliphatic carbocycles. The van der Waals surface area contributed by atoms with Gasteiger partial charge in [0, 0.05) is 38.6 Å². The number of aromatic nitrogens is 4. The minimum Gasteiger partial charge on any atom is -0.423 e. The van der Waals surface area contributed by atoms with E-state index in [9.17, 15) is 9.11 Å². The van der Waals surface area contributed by atoms with Crippen LogP contribution in [0.5, 0.6) is 0 Å². The van der Waals surface area contributed by atoms with Crippen LogP contribution in [0.4, 0.5) is 13.5 Å². The molecule has 0 unspecified atom stereocenters. The number of hydrogen-bond acceptors (Lipinski definition) is 4. The third kappa shape index (κ3) is 10.2. The molecule has 0 atom stereocenters. The number of carbonyl (C=O) groups excluding carboxylic acids is 1. The molecule has 0 spiro atoms. The van der Waals surface area contributed by atoms with Crippen molar-refractivity contribution in [3.8, 4) is 22.5 Å². The Morgan fingerprint density at radius 1 is 0.865 bits per heavy atom. The van der Waals surface area contributed by atoms with Crippen LogP contribution >= 0.6 is 0 Å². The number of aryl methyl sites for hydroxylation is 3. The minimum absolute atomic E-state index is 0. The number of hydrogen-bond donors (Lipinski definition) is 2. The van der Waals surface area contributed by atoms with Crippen LogP contribution in [-0.4, -0.2) is 45.0 Å². The lowest BCUT2D eigenvalue weighted by molar-refractivity contribution is -0.744. The minimum atomic E-state index is -1.58. The number of halogens is 3. The maximum atomic E-state index is 10.9. The third-order valence-electron chi connectivity index (χ3n) is 8.40. The Balaban J connectivity index is 0.000000268. The van der Waals surface area contributed by atoms with Crippen LogP contribution < -0.4 is 10.1 Å². The summed E-state index contributed by atoms with van der Waals surface area (Å²) in [6.07, 6.45) is 7.91. The molecular weight excluding hydrogens is 663 g/mol. The van der Waals surface area contributed by atoms with E-state index in [-0.39, 0.29) is 24.1 Å². The smallest absolute Gasteiger partial charge is 0.423 e. The molecule has 271 valence electrons. The van der Waals surface area contributed by atoms with Gasteiger partial charge in [-0.1, -0.05) is 94.8 Å². The fraction of sp³-hybridized carbons (Fsp3) is 0.225. The van der Waals surface area contributed by atoms with Crippen LogP contribution in [0.3, 0.4) is 0 Å². The second-order valence-electron chi connectivity index (χ2n) is 12.3. The van der Waals surface area contributed by atoms with E-state index in [4.69, 9.17) is 19.2 Å². The molecule has 52 heavy (non-hydrogen) atoms. The van der Waals surface area contributed by atoms with Gasteiger partial charge in [-0.2, -0.15) is 5.10 Å². The fourth-order valence-corrected chi connectivity index (χ4v) is 6.00. The van der Waals surface area contributed by atoms with Crippen molar-refractivity contribution >= 4 is 25.9 Å². The monoisotopic (exact) mass is 710 g/mol. The Kier molecular flexibility index (Phi) is 16.5. The highest BCUT2D eigenvalue weighted by atomic mass is 20.0. The molecule has 2 aromatic heterocycles. The molecule has 0 aliphatic heterocycles. The van der Waals surface area contributed by atoms with Gasteiger partial charge in [0.15, 0.2) is 19.0 Å². The van der Waals surface area contributed by atoms with E-state index < -0.39 is 7.12 Å². The number of ketones is 1. The summed E-state index contributed by atoms with van der Waals surface area (Å²) in [5.41, 5.74) is 11.2. The lowest BCUT2D eigenvalue weighted by Crippen LogP contribution is -2.37. The fourth-order valence-electron chi connectivity index (χ4n) is 6.00. The molecule has 2 N–H and O–H groups in total. The van der Waals surface area contributed by atoms with Crippen molar-refractivity contribution in [3.05, 3.63) is 150 Å². The Morgan fingerprint density at radius 2 is 1.52 bits per heavy atom. The predicted octanol–water partition coefficient (Wildman–Crippen LogP) is 7.77. The second kappa shape index (κ2) is 20.0. The van der Waals surface area contributed by atoms with Gasteiger partial charge in [-0.05, 0) is 83.9 Å². The first-order chi connectivity index (χ1) is 24.4. The van der Waals surface area contributed by atoms with Gasteiger partial charge >= 0.3 is 14.7 Å². The van der Waals surface area contributed by atoms with Gasteiger partial charge in [0.1, 0.15) is 5.69 Å². The van der Waals surface area contributed by atoms with Crippen LogP contribution in [0.25, 0.3) is 22.5 Å². The SMILES string of the molecule is C.CC(=O)c1ccccc1B(O)O.C[B]F.Cc1cc2c(cc1-n1ccc[n+]1C)-c1ccccc1C2(C)C.Cc1cccc(-n2cccn2)c1.FF. The summed E-state index contributed by atoms with van der Waals surface area (Å²) in [7, 11) is 0.995. The molecular formula is C40H47B2F3N4O3+. The number of fused-ring (bicyclic) bond motifs is 3. The highest BCUT2D eigenvalue weighted by Gasteiger charge is 2.36. The van der Waals surface area contributed by atoms with E-state index in [0.717, 1.165) is 5.69 Å². The molecule has 0 saturated carbocycles. The van der Waals surface area contributed by atoms with Crippen LogP contribution in [0.15, 0.2) is 122 Å². The van der Waals surface area contributed by atoms with Crippen LogP contribution in [0.2, 0.25) is 6.82 Å². The zero-order valence-corrected chi connectivity index (χ0v) is 29.9. The summed E-state index contributed by atoms with van der Waals surface area (Å²) in [4.78, 5) is 10.9. The largest absolute Gasteiger partial charge is 0.489 e. The molecule has 1 aliphatic rings. The van der Waals surface area contributed by atoms with Gasteiger partial charge in [0.2, 0.25) is 0 Å². The lowest BCUT2D eigenvalue weighted by atomic mass is 9.76. The summed E-state index contributed by atoms with van der Waals surface area (Å²) < 4.78 is 32.3. The van der Waals surface area contributed by atoms with Gasteiger partial charge in [-0.3, -0.25) is 4.79 Å². The zero-order chi connectivity index (χ0) is 37.7. The highest BCUT2D eigenvalue weighted by molar-refractivity contribution is 6.60. The highest BCUT2D eigenvalue weighted by Crippen LogP contribution is 2.49. The third-order valence-corrected chi connectivity index (χ3v) is 8.40. The molecule has 0 bridgehead atoms. The summed E-state index contributed by atoms with van der Waals surface area (Å²) >= 11 is 0. The lowest BCUT2D eigenvalue weighted by Gasteiger charge is -2.22. The molecule has 0 amide bonds. The van der Waals surface area contributed by atoms with Crippen molar-refractivity contribution in [3.63, 3.8) is 0 Å². The zero-order valence-electron chi connectivity index (χ0n) is 29.9. The first kappa shape index (κ1) is 43.0. The van der Waals surface area contributed by atoms with Crippen molar-refractivity contribution in [1.29, 1.82) is 0 Å². The maximum absolute atomic E-state index is 10.9. The van der Waals surface area contributed by atoms with Crippen molar-refractivity contribution in [2.24, 2.45) is 7.05 Å². The number of carbonyl (C=O) groups is 1. The quantitative estimate of drug-likeness (QED) is 0.111. The summed E-state index contributed by atoms with van der Waals surface area (Å²) in [5.74, 6) is -0.168. The van der Waals surface area contributed by atoms with Gasteiger partial charge in [-0.25, -0.2) is 4.68 Å². The summed E-state index contributed by atoms with van der Waals surface area (Å²) in [5, 5.41) is 21.9. The van der Waals surface area contributed by atoms with Crippen molar-refractivity contribution in [2.45, 2.75) is 54.3 Å². The van der Waals surface area contributed by atoms with E-state index in [2.05, 4.69) is 116 Å². The molecule has 12 heteroatoms. The number of Topliss-reactive ketones (excluding diaryl/α,β-unsaturated/α-hetero) is 1. The van der Waals surface area contributed by atoms with Crippen LogP contribution in [0.1, 0.15) is 60.8 Å². The summed E-state index contributed by atoms with van der Waals surface area (Å²) in [6, 6.07) is 32.2. The molecule has 0 saturated heterocycles. The Hall–Kier alpha value is -5.19. The molecule has 6 aromatic rings.